The summed E-state index contributed by atoms with van der Waals surface area (Å²) < 4.78 is 0. The number of halogens is 2. The average molecular weight is 264 g/mol. The molecular formula is C10H12BrClO. The van der Waals surface area contributed by atoms with Gasteiger partial charge in [0.25, 0.3) is 0 Å². The van der Waals surface area contributed by atoms with Crippen molar-refractivity contribution in [2.45, 2.75) is 19.3 Å². The minimum absolute atomic E-state index is 0.102. The van der Waals surface area contributed by atoms with Gasteiger partial charge in [-0.25, -0.2) is 0 Å². The molecular weight excluding hydrogens is 251 g/mol. The van der Waals surface area contributed by atoms with Crippen molar-refractivity contribution in [3.63, 3.8) is 0 Å². The zero-order valence-electron chi connectivity index (χ0n) is 7.64. The van der Waals surface area contributed by atoms with Crippen LogP contribution in [0.4, 0.5) is 0 Å². The minimum Gasteiger partial charge on any atom is -0.508 e. The molecule has 1 N–H and O–H groups in total. The number of rotatable bonds is 2. The van der Waals surface area contributed by atoms with Gasteiger partial charge in [0.05, 0.1) is 0 Å². The molecule has 0 aliphatic rings. The predicted octanol–water partition coefficient (Wildman–Crippen LogP) is 3.72. The Morgan fingerprint density at radius 3 is 2.62 bits per heavy atom. The zero-order valence-corrected chi connectivity index (χ0v) is 9.98. The van der Waals surface area contributed by atoms with E-state index in [1.54, 1.807) is 18.2 Å². The Bertz CT molecular complexity index is 310. The molecule has 0 amide bonds. The van der Waals surface area contributed by atoms with Crippen molar-refractivity contribution < 1.29 is 5.11 Å². The number of aromatic hydroxyl groups is 1. The van der Waals surface area contributed by atoms with Gasteiger partial charge >= 0.3 is 0 Å². The summed E-state index contributed by atoms with van der Waals surface area (Å²) in [6.45, 7) is 4.10. The lowest BCUT2D eigenvalue weighted by Crippen LogP contribution is -2.18. The first-order chi connectivity index (χ1) is 5.97. The van der Waals surface area contributed by atoms with Crippen molar-refractivity contribution in [3.8, 4) is 5.75 Å². The monoisotopic (exact) mass is 262 g/mol. The number of benzene rings is 1. The Labute approximate surface area is 91.9 Å². The van der Waals surface area contributed by atoms with Gasteiger partial charge in [0.2, 0.25) is 0 Å². The molecule has 0 aliphatic heterocycles. The summed E-state index contributed by atoms with van der Waals surface area (Å²) in [4.78, 5) is 0. The lowest BCUT2D eigenvalue weighted by molar-refractivity contribution is 0.449. The SMILES string of the molecule is CC(C)(CBr)c1cc(Cl)ccc1O. The Morgan fingerprint density at radius 1 is 1.46 bits per heavy atom. The minimum atomic E-state index is -0.102. The highest BCUT2D eigenvalue weighted by Crippen LogP contribution is 2.34. The molecule has 1 nitrogen and oxygen atoms in total. The first-order valence-corrected chi connectivity index (χ1v) is 5.52. The highest BCUT2D eigenvalue weighted by atomic mass is 79.9. The molecule has 0 saturated carbocycles. The van der Waals surface area contributed by atoms with E-state index in [1.165, 1.54) is 0 Å². The van der Waals surface area contributed by atoms with Crippen LogP contribution in [0.3, 0.4) is 0 Å². The molecule has 0 unspecified atom stereocenters. The van der Waals surface area contributed by atoms with E-state index in [0.717, 1.165) is 10.9 Å². The fourth-order valence-corrected chi connectivity index (χ4v) is 1.60. The molecule has 0 heterocycles. The highest BCUT2D eigenvalue weighted by molar-refractivity contribution is 9.09. The van der Waals surface area contributed by atoms with Gasteiger partial charge < -0.3 is 5.11 Å². The standard InChI is InChI=1S/C10H12BrClO/c1-10(2,6-11)8-5-7(12)3-4-9(8)13/h3-5,13H,6H2,1-2H3. The van der Waals surface area contributed by atoms with Gasteiger partial charge in [-0.1, -0.05) is 41.4 Å². The third kappa shape index (κ3) is 2.38. The summed E-state index contributed by atoms with van der Waals surface area (Å²) in [6, 6.07) is 5.12. The molecule has 1 aromatic rings. The van der Waals surface area contributed by atoms with E-state index in [-0.39, 0.29) is 5.41 Å². The molecule has 13 heavy (non-hydrogen) atoms. The van der Waals surface area contributed by atoms with Crippen LogP contribution in [0.2, 0.25) is 5.02 Å². The van der Waals surface area contributed by atoms with E-state index in [0.29, 0.717) is 10.8 Å². The summed E-state index contributed by atoms with van der Waals surface area (Å²) in [5.41, 5.74) is 0.770. The van der Waals surface area contributed by atoms with Gasteiger partial charge in [-0.05, 0) is 18.2 Å². The lowest BCUT2D eigenvalue weighted by Gasteiger charge is -2.23. The topological polar surface area (TPSA) is 20.2 Å². The molecule has 0 saturated heterocycles. The van der Waals surface area contributed by atoms with Gasteiger partial charge in [-0.2, -0.15) is 0 Å². The van der Waals surface area contributed by atoms with Crippen LogP contribution < -0.4 is 0 Å². The van der Waals surface area contributed by atoms with Crippen molar-refractivity contribution in [1.82, 2.24) is 0 Å². The quantitative estimate of drug-likeness (QED) is 0.806. The predicted molar refractivity (Wildman–Crippen MR) is 59.9 cm³/mol. The first-order valence-electron chi connectivity index (χ1n) is 4.02. The number of hydrogen-bond acceptors (Lipinski definition) is 1. The number of phenolic OH excluding ortho intramolecular Hbond substituents is 1. The molecule has 1 aromatic carbocycles. The maximum absolute atomic E-state index is 9.62. The van der Waals surface area contributed by atoms with Crippen molar-refractivity contribution in [3.05, 3.63) is 28.8 Å². The third-order valence-electron chi connectivity index (χ3n) is 2.02. The van der Waals surface area contributed by atoms with Crippen molar-refractivity contribution >= 4 is 27.5 Å². The second-order valence-corrected chi connectivity index (χ2v) is 4.68. The molecule has 1 rings (SSSR count). The first kappa shape index (κ1) is 10.9. The Balaban J connectivity index is 3.20. The van der Waals surface area contributed by atoms with Crippen LogP contribution in [0.15, 0.2) is 18.2 Å². The van der Waals surface area contributed by atoms with Gasteiger partial charge in [0, 0.05) is 21.3 Å². The third-order valence-corrected chi connectivity index (χ3v) is 3.66. The Morgan fingerprint density at radius 2 is 2.08 bits per heavy atom. The van der Waals surface area contributed by atoms with Crippen LogP contribution in [0.25, 0.3) is 0 Å². The molecule has 0 aromatic heterocycles. The van der Waals surface area contributed by atoms with E-state index >= 15 is 0 Å². The van der Waals surface area contributed by atoms with Crippen LogP contribution in [0.1, 0.15) is 19.4 Å². The second kappa shape index (κ2) is 3.89. The Kier molecular flexibility index (Phi) is 3.25. The van der Waals surface area contributed by atoms with Crippen LogP contribution in [-0.4, -0.2) is 10.4 Å². The maximum atomic E-state index is 9.62. The summed E-state index contributed by atoms with van der Waals surface area (Å²) in [7, 11) is 0. The van der Waals surface area contributed by atoms with E-state index in [1.807, 2.05) is 13.8 Å². The molecule has 0 atom stereocenters. The highest BCUT2D eigenvalue weighted by Gasteiger charge is 2.22. The van der Waals surface area contributed by atoms with Gasteiger partial charge in [0.1, 0.15) is 5.75 Å². The van der Waals surface area contributed by atoms with E-state index < -0.39 is 0 Å². The second-order valence-electron chi connectivity index (χ2n) is 3.68. The van der Waals surface area contributed by atoms with Gasteiger partial charge in [-0.3, -0.25) is 0 Å². The average Bonchev–Trinajstić information content (AvgIpc) is 2.09. The fourth-order valence-electron chi connectivity index (χ4n) is 1.12. The van der Waals surface area contributed by atoms with E-state index in [9.17, 15) is 5.11 Å². The van der Waals surface area contributed by atoms with Crippen LogP contribution >= 0.6 is 27.5 Å². The molecule has 0 aliphatic carbocycles. The normalized spacial score (nSPS) is 11.7. The largest absolute Gasteiger partial charge is 0.508 e. The molecule has 0 spiro atoms. The van der Waals surface area contributed by atoms with Gasteiger partial charge in [0.15, 0.2) is 0 Å². The van der Waals surface area contributed by atoms with Crippen LogP contribution in [-0.2, 0) is 5.41 Å². The van der Waals surface area contributed by atoms with Crippen molar-refractivity contribution in [1.29, 1.82) is 0 Å². The van der Waals surface area contributed by atoms with Crippen LogP contribution in [0.5, 0.6) is 5.75 Å². The summed E-state index contributed by atoms with van der Waals surface area (Å²) in [6.07, 6.45) is 0. The number of alkyl halides is 1. The molecule has 72 valence electrons. The van der Waals surface area contributed by atoms with Crippen molar-refractivity contribution in [2.24, 2.45) is 0 Å². The summed E-state index contributed by atoms with van der Waals surface area (Å²) >= 11 is 9.27. The number of hydrogen-bond donors (Lipinski definition) is 1. The van der Waals surface area contributed by atoms with E-state index in [4.69, 9.17) is 11.6 Å². The Hall–Kier alpha value is -0.210. The molecule has 0 fully saturated rings. The van der Waals surface area contributed by atoms with Crippen LogP contribution in [0, 0.1) is 0 Å². The van der Waals surface area contributed by atoms with Gasteiger partial charge in [-0.15, -0.1) is 0 Å². The smallest absolute Gasteiger partial charge is 0.119 e. The molecule has 0 radical (unpaired) electrons. The number of phenols is 1. The van der Waals surface area contributed by atoms with Crippen molar-refractivity contribution in [2.75, 3.05) is 5.33 Å². The van der Waals surface area contributed by atoms with E-state index in [2.05, 4.69) is 15.9 Å². The summed E-state index contributed by atoms with van der Waals surface area (Å²) in [5, 5.41) is 11.1. The molecule has 3 heteroatoms. The summed E-state index contributed by atoms with van der Waals surface area (Å²) in [5.74, 6) is 0.300. The fraction of sp³-hybridized carbons (Fsp3) is 0.400. The zero-order chi connectivity index (χ0) is 10.1. The molecule has 0 bridgehead atoms. The maximum Gasteiger partial charge on any atom is 0.119 e. The lowest BCUT2D eigenvalue weighted by atomic mass is 9.86.